The van der Waals surface area contributed by atoms with Gasteiger partial charge >= 0.3 is 5.97 Å². The second-order valence-electron chi connectivity index (χ2n) is 6.64. The van der Waals surface area contributed by atoms with Crippen LogP contribution in [0.5, 0.6) is 0 Å². The van der Waals surface area contributed by atoms with Crippen LogP contribution < -0.4 is 10.6 Å². The number of carbonyl (C=O) groups is 3. The number of carbonyl (C=O) groups excluding carboxylic acids is 2. The van der Waals surface area contributed by atoms with Crippen LogP contribution in [-0.2, 0) is 4.79 Å². The Labute approximate surface area is 151 Å². The monoisotopic (exact) mass is 352 g/mol. The highest BCUT2D eigenvalue weighted by molar-refractivity contribution is 6.06. The lowest BCUT2D eigenvalue weighted by Crippen LogP contribution is -2.16. The van der Waals surface area contributed by atoms with Crippen LogP contribution in [0, 0.1) is 19.8 Å². The smallest absolute Gasteiger partial charge is 0.335 e. The van der Waals surface area contributed by atoms with Gasteiger partial charge in [-0.2, -0.15) is 0 Å². The highest BCUT2D eigenvalue weighted by Gasteiger charge is 2.29. The zero-order valence-corrected chi connectivity index (χ0v) is 14.6. The summed E-state index contributed by atoms with van der Waals surface area (Å²) in [6.07, 6.45) is 1.83. The number of aryl methyl sites for hydroxylation is 2. The van der Waals surface area contributed by atoms with E-state index >= 15 is 0 Å². The Hall–Kier alpha value is -3.15. The number of hydrogen-bond donors (Lipinski definition) is 3. The summed E-state index contributed by atoms with van der Waals surface area (Å²) in [6, 6.07) is 9.81. The molecule has 2 amide bonds. The van der Waals surface area contributed by atoms with E-state index in [-0.39, 0.29) is 23.0 Å². The molecule has 26 heavy (non-hydrogen) atoms. The van der Waals surface area contributed by atoms with Gasteiger partial charge in [0, 0.05) is 22.9 Å². The Morgan fingerprint density at radius 2 is 1.65 bits per heavy atom. The first-order valence-corrected chi connectivity index (χ1v) is 8.41. The summed E-state index contributed by atoms with van der Waals surface area (Å²) >= 11 is 0. The summed E-state index contributed by atoms with van der Waals surface area (Å²) < 4.78 is 0. The van der Waals surface area contributed by atoms with E-state index in [4.69, 9.17) is 5.11 Å². The molecular formula is C20H20N2O4. The van der Waals surface area contributed by atoms with Gasteiger partial charge in [0.15, 0.2) is 0 Å². The minimum atomic E-state index is -1.08. The van der Waals surface area contributed by atoms with Crippen LogP contribution >= 0.6 is 0 Å². The number of aromatic carboxylic acids is 1. The zero-order valence-electron chi connectivity index (χ0n) is 14.6. The summed E-state index contributed by atoms with van der Waals surface area (Å²) in [6.45, 7) is 3.59. The maximum absolute atomic E-state index is 12.6. The number of hydrogen-bond acceptors (Lipinski definition) is 3. The maximum atomic E-state index is 12.6. The van der Waals surface area contributed by atoms with Crippen LogP contribution in [0.15, 0.2) is 36.4 Å². The van der Waals surface area contributed by atoms with Crippen LogP contribution in [-0.4, -0.2) is 22.9 Å². The highest BCUT2D eigenvalue weighted by Crippen LogP contribution is 2.31. The van der Waals surface area contributed by atoms with Crippen molar-refractivity contribution in [3.8, 4) is 0 Å². The molecule has 1 fully saturated rings. The Kier molecular flexibility index (Phi) is 4.75. The fourth-order valence-electron chi connectivity index (χ4n) is 2.66. The van der Waals surface area contributed by atoms with Crippen molar-refractivity contribution in [3.05, 3.63) is 58.7 Å². The van der Waals surface area contributed by atoms with Gasteiger partial charge in [-0.3, -0.25) is 9.59 Å². The van der Waals surface area contributed by atoms with Crippen molar-refractivity contribution < 1.29 is 19.5 Å². The molecule has 0 aromatic heterocycles. The molecule has 3 N–H and O–H groups in total. The van der Waals surface area contributed by atoms with E-state index in [1.54, 1.807) is 25.1 Å². The van der Waals surface area contributed by atoms with Crippen molar-refractivity contribution in [1.82, 2.24) is 0 Å². The van der Waals surface area contributed by atoms with Crippen molar-refractivity contribution >= 4 is 29.2 Å². The second kappa shape index (κ2) is 7.00. The molecule has 0 bridgehead atoms. The fraction of sp³-hybridized carbons (Fsp3) is 0.250. The SMILES string of the molecule is Cc1cc(C(=O)O)cc(C(=O)Nc2cc(NC(=O)C3CC3)ccc2C)c1. The van der Waals surface area contributed by atoms with E-state index in [0.29, 0.717) is 16.9 Å². The quantitative estimate of drug-likeness (QED) is 0.766. The summed E-state index contributed by atoms with van der Waals surface area (Å²) in [7, 11) is 0. The van der Waals surface area contributed by atoms with Gasteiger partial charge in [-0.25, -0.2) is 4.79 Å². The van der Waals surface area contributed by atoms with Gasteiger partial charge in [0.05, 0.1) is 5.56 Å². The third-order valence-corrected chi connectivity index (χ3v) is 4.29. The third-order valence-electron chi connectivity index (χ3n) is 4.29. The van der Waals surface area contributed by atoms with Gasteiger partial charge in [-0.05, 0) is 68.1 Å². The molecule has 0 radical (unpaired) electrons. The lowest BCUT2D eigenvalue weighted by atomic mass is 10.1. The molecule has 0 unspecified atom stereocenters. The first-order valence-electron chi connectivity index (χ1n) is 8.41. The topological polar surface area (TPSA) is 95.5 Å². The lowest BCUT2D eigenvalue weighted by molar-refractivity contribution is -0.117. The molecule has 1 saturated carbocycles. The number of carboxylic acid groups (broad SMARTS) is 1. The van der Waals surface area contributed by atoms with Crippen LogP contribution in [0.25, 0.3) is 0 Å². The van der Waals surface area contributed by atoms with Crippen LogP contribution in [0.4, 0.5) is 11.4 Å². The molecule has 2 aromatic rings. The molecule has 0 aliphatic heterocycles. The molecule has 6 heteroatoms. The molecule has 6 nitrogen and oxygen atoms in total. The highest BCUT2D eigenvalue weighted by atomic mass is 16.4. The van der Waals surface area contributed by atoms with E-state index in [9.17, 15) is 14.4 Å². The number of amides is 2. The first-order chi connectivity index (χ1) is 12.3. The molecule has 1 aliphatic carbocycles. The Bertz CT molecular complexity index is 901. The Balaban J connectivity index is 1.80. The summed E-state index contributed by atoms with van der Waals surface area (Å²) in [4.78, 5) is 35.6. The molecule has 0 heterocycles. The average molecular weight is 352 g/mol. The largest absolute Gasteiger partial charge is 0.478 e. The predicted molar refractivity (Wildman–Crippen MR) is 98.6 cm³/mol. The minimum Gasteiger partial charge on any atom is -0.478 e. The molecule has 2 aromatic carbocycles. The van der Waals surface area contributed by atoms with E-state index < -0.39 is 11.9 Å². The number of anilines is 2. The van der Waals surface area contributed by atoms with Gasteiger partial charge in [-0.15, -0.1) is 0 Å². The zero-order chi connectivity index (χ0) is 18.8. The maximum Gasteiger partial charge on any atom is 0.335 e. The minimum absolute atomic E-state index is 0.00378. The van der Waals surface area contributed by atoms with Gasteiger partial charge < -0.3 is 15.7 Å². The Morgan fingerprint density at radius 3 is 2.31 bits per heavy atom. The van der Waals surface area contributed by atoms with Gasteiger partial charge in [0.25, 0.3) is 5.91 Å². The molecular weight excluding hydrogens is 332 g/mol. The van der Waals surface area contributed by atoms with Gasteiger partial charge in [0.2, 0.25) is 5.91 Å². The van der Waals surface area contributed by atoms with Crippen molar-refractivity contribution in [2.75, 3.05) is 10.6 Å². The molecule has 134 valence electrons. The number of benzene rings is 2. The standard InChI is InChI=1S/C20H20N2O4/c1-11-7-14(9-15(8-11)20(25)26)19(24)22-17-10-16(6-3-12(17)2)21-18(23)13-4-5-13/h3,6-10,13H,4-5H2,1-2H3,(H,21,23)(H,22,24)(H,25,26). The number of carboxylic acids is 1. The first kappa shape index (κ1) is 17.7. The summed E-state index contributed by atoms with van der Waals surface area (Å²) in [5.74, 6) is -1.39. The predicted octanol–water partition coefficient (Wildman–Crippen LogP) is 3.60. The van der Waals surface area contributed by atoms with Crippen molar-refractivity contribution in [3.63, 3.8) is 0 Å². The molecule has 0 atom stereocenters. The average Bonchev–Trinajstić information content (AvgIpc) is 3.42. The third kappa shape index (κ3) is 4.08. The molecule has 0 spiro atoms. The number of rotatable bonds is 5. The van der Waals surface area contributed by atoms with Gasteiger partial charge in [-0.1, -0.05) is 6.07 Å². The molecule has 1 aliphatic rings. The molecule has 0 saturated heterocycles. The fourth-order valence-corrected chi connectivity index (χ4v) is 2.66. The summed E-state index contributed by atoms with van der Waals surface area (Å²) in [5.41, 5.74) is 3.07. The lowest BCUT2D eigenvalue weighted by Gasteiger charge is -2.12. The van der Waals surface area contributed by atoms with E-state index in [0.717, 1.165) is 18.4 Å². The van der Waals surface area contributed by atoms with E-state index in [2.05, 4.69) is 10.6 Å². The second-order valence-corrected chi connectivity index (χ2v) is 6.64. The normalized spacial score (nSPS) is 13.2. The van der Waals surface area contributed by atoms with Crippen LogP contribution in [0.1, 0.15) is 44.7 Å². The number of nitrogens with one attached hydrogen (secondary N) is 2. The van der Waals surface area contributed by atoms with Crippen LogP contribution in [0.2, 0.25) is 0 Å². The van der Waals surface area contributed by atoms with E-state index in [1.807, 2.05) is 13.0 Å². The van der Waals surface area contributed by atoms with Gasteiger partial charge in [0.1, 0.15) is 0 Å². The summed E-state index contributed by atoms with van der Waals surface area (Å²) in [5, 5.41) is 14.8. The van der Waals surface area contributed by atoms with Crippen molar-refractivity contribution in [1.29, 1.82) is 0 Å². The van der Waals surface area contributed by atoms with E-state index in [1.165, 1.54) is 12.1 Å². The van der Waals surface area contributed by atoms with Crippen molar-refractivity contribution in [2.45, 2.75) is 26.7 Å². The molecule has 3 rings (SSSR count). The Morgan fingerprint density at radius 1 is 0.962 bits per heavy atom. The van der Waals surface area contributed by atoms with Crippen LogP contribution in [0.3, 0.4) is 0 Å². The van der Waals surface area contributed by atoms with Crippen molar-refractivity contribution in [2.24, 2.45) is 5.92 Å².